The molecule has 0 fully saturated rings. The van der Waals surface area contributed by atoms with E-state index in [2.05, 4.69) is 10.0 Å². The van der Waals surface area contributed by atoms with E-state index in [0.29, 0.717) is 25.4 Å². The van der Waals surface area contributed by atoms with E-state index in [-0.39, 0.29) is 10.8 Å². The van der Waals surface area contributed by atoms with Crippen LogP contribution in [0, 0.1) is 12.3 Å². The minimum Gasteiger partial charge on any atom is -0.491 e. The van der Waals surface area contributed by atoms with Crippen molar-refractivity contribution in [2.75, 3.05) is 19.7 Å². The van der Waals surface area contributed by atoms with Crippen molar-refractivity contribution in [3.63, 3.8) is 0 Å². The van der Waals surface area contributed by atoms with Crippen LogP contribution in [0.1, 0.15) is 33.3 Å². The van der Waals surface area contributed by atoms with Crippen LogP contribution >= 0.6 is 0 Å². The third-order valence-electron chi connectivity index (χ3n) is 3.12. The maximum Gasteiger partial charge on any atom is 0.240 e. The maximum absolute atomic E-state index is 11.9. The highest BCUT2D eigenvalue weighted by Gasteiger charge is 2.20. The molecule has 130 valence electrons. The number of amides is 1. The molecule has 23 heavy (non-hydrogen) atoms. The lowest BCUT2D eigenvalue weighted by molar-refractivity contribution is -0.128. The van der Waals surface area contributed by atoms with Crippen LogP contribution in [0.2, 0.25) is 0 Å². The molecule has 1 rings (SSSR count). The second-order valence-corrected chi connectivity index (χ2v) is 8.05. The first-order valence-electron chi connectivity index (χ1n) is 7.59. The van der Waals surface area contributed by atoms with Gasteiger partial charge < -0.3 is 10.1 Å². The van der Waals surface area contributed by atoms with Crippen molar-refractivity contribution in [2.24, 2.45) is 5.41 Å². The Bertz CT molecular complexity index is 649. The number of rotatable bonds is 7. The lowest BCUT2D eigenvalue weighted by Gasteiger charge is -2.18. The zero-order chi connectivity index (χ0) is 17.7. The van der Waals surface area contributed by atoms with Gasteiger partial charge in [0.15, 0.2) is 0 Å². The highest BCUT2D eigenvalue weighted by atomic mass is 32.2. The molecule has 6 nitrogen and oxygen atoms in total. The normalized spacial score (nSPS) is 12.0. The molecule has 1 aromatic rings. The second kappa shape index (κ2) is 7.79. The summed E-state index contributed by atoms with van der Waals surface area (Å²) in [6.07, 6.45) is 0. The van der Waals surface area contributed by atoms with Gasteiger partial charge in [0.2, 0.25) is 15.9 Å². The van der Waals surface area contributed by atoms with Gasteiger partial charge in [0.1, 0.15) is 12.4 Å². The summed E-state index contributed by atoms with van der Waals surface area (Å²) in [7, 11) is -3.46. The summed E-state index contributed by atoms with van der Waals surface area (Å²) in [6, 6.07) is 4.71. The summed E-state index contributed by atoms with van der Waals surface area (Å²) in [6.45, 7) is 10.1. The van der Waals surface area contributed by atoms with Crippen LogP contribution in [0.15, 0.2) is 23.1 Å². The number of hydrogen-bond donors (Lipinski definition) is 2. The van der Waals surface area contributed by atoms with Gasteiger partial charge in [-0.3, -0.25) is 4.79 Å². The monoisotopic (exact) mass is 342 g/mol. The molecule has 0 aromatic heterocycles. The third-order valence-corrected chi connectivity index (χ3v) is 4.66. The highest BCUT2D eigenvalue weighted by molar-refractivity contribution is 7.89. The van der Waals surface area contributed by atoms with E-state index in [1.165, 1.54) is 6.07 Å². The molecule has 0 unspecified atom stereocenters. The van der Waals surface area contributed by atoms with Crippen molar-refractivity contribution >= 4 is 15.9 Å². The second-order valence-electron chi connectivity index (χ2n) is 6.28. The van der Waals surface area contributed by atoms with Gasteiger partial charge in [0.05, 0.1) is 11.4 Å². The van der Waals surface area contributed by atoms with E-state index in [4.69, 9.17) is 4.74 Å². The molecule has 0 saturated carbocycles. The van der Waals surface area contributed by atoms with Crippen LogP contribution in [-0.4, -0.2) is 34.0 Å². The Morgan fingerprint density at radius 2 is 1.91 bits per heavy atom. The van der Waals surface area contributed by atoms with E-state index in [1.807, 2.05) is 20.8 Å². The number of carbonyl (C=O) groups excluding carboxylic acids is 1. The van der Waals surface area contributed by atoms with Gasteiger partial charge in [-0.25, -0.2) is 13.1 Å². The predicted molar refractivity (Wildman–Crippen MR) is 90.0 cm³/mol. The first-order valence-corrected chi connectivity index (χ1v) is 9.07. The first-order chi connectivity index (χ1) is 10.6. The zero-order valence-electron chi connectivity index (χ0n) is 14.4. The Kier molecular flexibility index (Phi) is 6.58. The van der Waals surface area contributed by atoms with Crippen molar-refractivity contribution in [2.45, 2.75) is 39.5 Å². The number of benzene rings is 1. The Balaban J connectivity index is 2.62. The summed E-state index contributed by atoms with van der Waals surface area (Å²) in [5.41, 5.74) is 0.296. The summed E-state index contributed by atoms with van der Waals surface area (Å²) < 4.78 is 31.9. The quantitative estimate of drug-likeness (QED) is 0.741. The van der Waals surface area contributed by atoms with Crippen molar-refractivity contribution in [1.29, 1.82) is 0 Å². The van der Waals surface area contributed by atoms with Crippen LogP contribution in [0.4, 0.5) is 0 Å². The maximum atomic E-state index is 11.9. The standard InChI is InChI=1S/C16H26N2O4S/c1-6-18-23(20,21)13-7-8-14(12(2)11-13)22-10-9-17-15(19)16(3,4)5/h7-8,11,18H,6,9-10H2,1-5H3,(H,17,19). The molecule has 0 spiro atoms. The number of ether oxygens (including phenoxy) is 1. The molecule has 0 aliphatic rings. The van der Waals surface area contributed by atoms with Crippen molar-refractivity contribution in [3.05, 3.63) is 23.8 Å². The number of nitrogens with one attached hydrogen (secondary N) is 2. The van der Waals surface area contributed by atoms with E-state index in [1.54, 1.807) is 26.0 Å². The van der Waals surface area contributed by atoms with Gasteiger partial charge in [0, 0.05) is 12.0 Å². The summed E-state index contributed by atoms with van der Waals surface area (Å²) >= 11 is 0. The fraction of sp³-hybridized carbons (Fsp3) is 0.562. The minimum atomic E-state index is -3.46. The summed E-state index contributed by atoms with van der Waals surface area (Å²) in [5.74, 6) is 0.565. The smallest absolute Gasteiger partial charge is 0.240 e. The van der Waals surface area contributed by atoms with E-state index >= 15 is 0 Å². The van der Waals surface area contributed by atoms with Crippen LogP contribution < -0.4 is 14.8 Å². The molecule has 0 bridgehead atoms. The third kappa shape index (κ3) is 5.84. The lowest BCUT2D eigenvalue weighted by atomic mass is 9.96. The molecular weight excluding hydrogens is 316 g/mol. The van der Waals surface area contributed by atoms with Crippen LogP contribution in [-0.2, 0) is 14.8 Å². The topological polar surface area (TPSA) is 84.5 Å². The Morgan fingerprint density at radius 3 is 2.43 bits per heavy atom. The van der Waals surface area contributed by atoms with Gasteiger partial charge in [0.25, 0.3) is 0 Å². The number of aryl methyl sites for hydroxylation is 1. The van der Waals surface area contributed by atoms with Crippen molar-refractivity contribution < 1.29 is 17.9 Å². The Hall–Kier alpha value is -1.60. The molecule has 7 heteroatoms. The number of sulfonamides is 1. The van der Waals surface area contributed by atoms with Crippen LogP contribution in [0.3, 0.4) is 0 Å². The molecule has 1 amide bonds. The molecule has 0 atom stereocenters. The fourth-order valence-electron chi connectivity index (χ4n) is 1.82. The van der Waals surface area contributed by atoms with E-state index < -0.39 is 15.4 Å². The number of hydrogen-bond acceptors (Lipinski definition) is 4. The lowest BCUT2D eigenvalue weighted by Crippen LogP contribution is -2.37. The van der Waals surface area contributed by atoms with Gasteiger partial charge in [-0.05, 0) is 30.7 Å². The molecule has 0 saturated heterocycles. The average molecular weight is 342 g/mol. The van der Waals surface area contributed by atoms with Crippen molar-refractivity contribution in [3.8, 4) is 5.75 Å². The molecule has 1 aromatic carbocycles. The van der Waals surface area contributed by atoms with Crippen LogP contribution in [0.5, 0.6) is 5.75 Å². The largest absolute Gasteiger partial charge is 0.491 e. The van der Waals surface area contributed by atoms with Crippen LogP contribution in [0.25, 0.3) is 0 Å². The molecule has 0 heterocycles. The van der Waals surface area contributed by atoms with Crippen molar-refractivity contribution in [1.82, 2.24) is 10.0 Å². The van der Waals surface area contributed by atoms with Gasteiger partial charge in [-0.2, -0.15) is 0 Å². The van der Waals surface area contributed by atoms with E-state index in [9.17, 15) is 13.2 Å². The van der Waals surface area contributed by atoms with E-state index in [0.717, 1.165) is 5.56 Å². The molecular formula is C16H26N2O4S. The number of carbonyl (C=O) groups is 1. The summed E-state index contributed by atoms with van der Waals surface area (Å²) in [4.78, 5) is 11.9. The minimum absolute atomic E-state index is 0.0371. The first kappa shape index (κ1) is 19.4. The van der Waals surface area contributed by atoms with Gasteiger partial charge in [-0.1, -0.05) is 27.7 Å². The molecule has 0 aliphatic carbocycles. The SMILES string of the molecule is CCNS(=O)(=O)c1ccc(OCCNC(=O)C(C)(C)C)c(C)c1. The molecule has 0 radical (unpaired) electrons. The highest BCUT2D eigenvalue weighted by Crippen LogP contribution is 2.21. The summed E-state index contributed by atoms with van der Waals surface area (Å²) in [5, 5.41) is 2.79. The van der Waals surface area contributed by atoms with Gasteiger partial charge >= 0.3 is 0 Å². The Labute approximate surface area is 138 Å². The zero-order valence-corrected chi connectivity index (χ0v) is 15.2. The average Bonchev–Trinajstić information content (AvgIpc) is 2.43. The Morgan fingerprint density at radius 1 is 1.26 bits per heavy atom. The molecule has 2 N–H and O–H groups in total. The predicted octanol–water partition coefficient (Wildman–Crippen LogP) is 1.83. The van der Waals surface area contributed by atoms with Gasteiger partial charge in [-0.15, -0.1) is 0 Å². The molecule has 0 aliphatic heterocycles. The fourth-order valence-corrected chi connectivity index (χ4v) is 2.94.